The van der Waals surface area contributed by atoms with Crippen molar-refractivity contribution in [1.29, 1.82) is 0 Å². The Morgan fingerprint density at radius 3 is 1.70 bits per heavy atom. The summed E-state index contributed by atoms with van der Waals surface area (Å²) in [6.45, 7) is 8.51. The molecule has 0 spiro atoms. The molecular formula is C22H30O. The third kappa shape index (κ3) is 5.21. The molecule has 0 bridgehead atoms. The molecule has 0 atom stereocenters. The summed E-state index contributed by atoms with van der Waals surface area (Å²) in [5.74, 6) is 0.555. The molecule has 0 aliphatic rings. The second-order valence-corrected chi connectivity index (χ2v) is 6.89. The zero-order valence-corrected chi connectivity index (χ0v) is 14.8. The molecule has 0 radical (unpaired) electrons. The van der Waals surface area contributed by atoms with Crippen LogP contribution in [0, 0.1) is 11.3 Å². The lowest BCUT2D eigenvalue weighted by atomic mass is 9.69. The first kappa shape index (κ1) is 17.7. The van der Waals surface area contributed by atoms with Crippen LogP contribution in [0.5, 0.6) is 0 Å². The largest absolute Gasteiger partial charge is 0.381 e. The molecule has 0 fully saturated rings. The van der Waals surface area contributed by atoms with Crippen molar-refractivity contribution in [3.63, 3.8) is 0 Å². The van der Waals surface area contributed by atoms with Crippen molar-refractivity contribution in [2.45, 2.75) is 40.0 Å². The Kier molecular flexibility index (Phi) is 6.85. The lowest BCUT2D eigenvalue weighted by Crippen LogP contribution is -2.37. The second kappa shape index (κ2) is 8.88. The average molecular weight is 310 g/mol. The minimum absolute atomic E-state index is 0.137. The van der Waals surface area contributed by atoms with Gasteiger partial charge < -0.3 is 4.74 Å². The fourth-order valence-electron chi connectivity index (χ4n) is 3.16. The molecule has 0 saturated heterocycles. The summed E-state index contributed by atoms with van der Waals surface area (Å²) in [5, 5.41) is 0. The zero-order chi connectivity index (χ0) is 16.5. The molecule has 0 aliphatic heterocycles. The van der Waals surface area contributed by atoms with Crippen molar-refractivity contribution in [3.05, 3.63) is 71.8 Å². The molecule has 0 saturated carbocycles. The van der Waals surface area contributed by atoms with Crippen molar-refractivity contribution in [1.82, 2.24) is 0 Å². The van der Waals surface area contributed by atoms with Gasteiger partial charge in [0.2, 0.25) is 0 Å². The summed E-state index contributed by atoms with van der Waals surface area (Å²) < 4.78 is 6.05. The van der Waals surface area contributed by atoms with Gasteiger partial charge in [-0.2, -0.15) is 0 Å². The van der Waals surface area contributed by atoms with Gasteiger partial charge >= 0.3 is 0 Å². The highest BCUT2D eigenvalue weighted by Crippen LogP contribution is 2.36. The topological polar surface area (TPSA) is 9.23 Å². The van der Waals surface area contributed by atoms with E-state index in [1.165, 1.54) is 11.1 Å². The van der Waals surface area contributed by atoms with Crippen molar-refractivity contribution in [2.24, 2.45) is 11.3 Å². The number of ether oxygens (including phenoxy) is 1. The Labute approximate surface area is 141 Å². The number of hydrogen-bond acceptors (Lipinski definition) is 1. The van der Waals surface area contributed by atoms with Gasteiger partial charge in [-0.25, -0.2) is 0 Å². The number of hydrogen-bond donors (Lipinski definition) is 0. The Morgan fingerprint density at radius 1 is 0.826 bits per heavy atom. The third-order valence-corrected chi connectivity index (χ3v) is 4.76. The van der Waals surface area contributed by atoms with E-state index < -0.39 is 0 Å². The van der Waals surface area contributed by atoms with Crippen molar-refractivity contribution < 1.29 is 4.74 Å². The highest BCUT2D eigenvalue weighted by atomic mass is 16.5. The van der Waals surface area contributed by atoms with Crippen LogP contribution < -0.4 is 0 Å². The average Bonchev–Trinajstić information content (AvgIpc) is 2.56. The normalized spacial score (nSPS) is 11.8. The minimum Gasteiger partial charge on any atom is -0.381 e. The van der Waals surface area contributed by atoms with Gasteiger partial charge in [-0.15, -0.1) is 0 Å². The number of rotatable bonds is 9. The molecule has 2 rings (SSSR count). The maximum Gasteiger partial charge on any atom is 0.0531 e. The molecule has 124 valence electrons. The highest BCUT2D eigenvalue weighted by molar-refractivity contribution is 5.21. The van der Waals surface area contributed by atoms with Gasteiger partial charge in [0.1, 0.15) is 0 Å². The summed E-state index contributed by atoms with van der Waals surface area (Å²) in [6, 6.07) is 21.7. The van der Waals surface area contributed by atoms with Crippen LogP contribution in [0.15, 0.2) is 60.7 Å². The van der Waals surface area contributed by atoms with Gasteiger partial charge in [-0.05, 0) is 36.3 Å². The minimum atomic E-state index is 0.137. The lowest BCUT2D eigenvalue weighted by molar-refractivity contribution is 0.0146. The van der Waals surface area contributed by atoms with Crippen LogP contribution in [0.4, 0.5) is 0 Å². The SMILES string of the molecule is CCCOCC(Cc1ccccc1)(Cc1ccccc1)C(C)C. The van der Waals surface area contributed by atoms with Gasteiger partial charge in [0, 0.05) is 12.0 Å². The van der Waals surface area contributed by atoms with Gasteiger partial charge in [0.15, 0.2) is 0 Å². The summed E-state index contributed by atoms with van der Waals surface area (Å²) in [6.07, 6.45) is 3.19. The molecule has 2 aromatic rings. The Morgan fingerprint density at radius 2 is 1.30 bits per heavy atom. The summed E-state index contributed by atoms with van der Waals surface area (Å²) >= 11 is 0. The first-order chi connectivity index (χ1) is 11.2. The molecule has 0 amide bonds. The molecule has 0 aliphatic carbocycles. The van der Waals surface area contributed by atoms with Crippen molar-refractivity contribution in [3.8, 4) is 0 Å². The first-order valence-corrected chi connectivity index (χ1v) is 8.82. The Balaban J connectivity index is 2.25. The van der Waals surface area contributed by atoms with E-state index >= 15 is 0 Å². The summed E-state index contributed by atoms with van der Waals surface area (Å²) in [5.41, 5.74) is 2.94. The molecule has 1 heteroatoms. The summed E-state index contributed by atoms with van der Waals surface area (Å²) in [7, 11) is 0. The maximum absolute atomic E-state index is 6.05. The smallest absolute Gasteiger partial charge is 0.0531 e. The molecule has 23 heavy (non-hydrogen) atoms. The highest BCUT2D eigenvalue weighted by Gasteiger charge is 2.34. The van der Waals surface area contributed by atoms with Crippen molar-refractivity contribution >= 4 is 0 Å². The molecule has 1 nitrogen and oxygen atoms in total. The van der Waals surface area contributed by atoms with E-state index in [2.05, 4.69) is 81.4 Å². The van der Waals surface area contributed by atoms with Gasteiger partial charge in [0.25, 0.3) is 0 Å². The standard InChI is InChI=1S/C22H30O/c1-4-15-23-18-22(19(2)3,16-20-11-7-5-8-12-20)17-21-13-9-6-10-14-21/h5-14,19H,4,15-18H2,1-3H3. The Hall–Kier alpha value is -1.60. The van der Waals surface area contributed by atoms with Crippen molar-refractivity contribution in [2.75, 3.05) is 13.2 Å². The lowest BCUT2D eigenvalue weighted by Gasteiger charge is -2.38. The quantitative estimate of drug-likeness (QED) is 0.552. The van der Waals surface area contributed by atoms with Crippen LogP contribution in [-0.2, 0) is 17.6 Å². The molecular weight excluding hydrogens is 280 g/mol. The van der Waals surface area contributed by atoms with E-state index in [0.717, 1.165) is 32.5 Å². The molecule has 0 aromatic heterocycles. The first-order valence-electron chi connectivity index (χ1n) is 8.82. The van der Waals surface area contributed by atoms with E-state index in [0.29, 0.717) is 5.92 Å². The van der Waals surface area contributed by atoms with Crippen LogP contribution in [-0.4, -0.2) is 13.2 Å². The van der Waals surface area contributed by atoms with Crippen LogP contribution in [0.1, 0.15) is 38.3 Å². The van der Waals surface area contributed by atoms with E-state index in [-0.39, 0.29) is 5.41 Å². The molecule has 0 unspecified atom stereocenters. The maximum atomic E-state index is 6.05. The number of benzene rings is 2. The fourth-order valence-corrected chi connectivity index (χ4v) is 3.16. The van der Waals surface area contributed by atoms with E-state index in [4.69, 9.17) is 4.74 Å². The zero-order valence-electron chi connectivity index (χ0n) is 14.8. The van der Waals surface area contributed by atoms with Crippen LogP contribution in [0.25, 0.3) is 0 Å². The Bertz CT molecular complexity index is 503. The van der Waals surface area contributed by atoms with E-state index in [1.807, 2.05) is 0 Å². The monoisotopic (exact) mass is 310 g/mol. The third-order valence-electron chi connectivity index (χ3n) is 4.76. The predicted molar refractivity (Wildman–Crippen MR) is 98.7 cm³/mol. The summed E-state index contributed by atoms with van der Waals surface area (Å²) in [4.78, 5) is 0. The van der Waals surface area contributed by atoms with E-state index in [1.54, 1.807) is 0 Å². The second-order valence-electron chi connectivity index (χ2n) is 6.89. The van der Waals surface area contributed by atoms with Crippen LogP contribution >= 0.6 is 0 Å². The fraction of sp³-hybridized carbons (Fsp3) is 0.455. The van der Waals surface area contributed by atoms with Crippen LogP contribution in [0.3, 0.4) is 0 Å². The van der Waals surface area contributed by atoms with Gasteiger partial charge in [-0.1, -0.05) is 81.4 Å². The van der Waals surface area contributed by atoms with Gasteiger partial charge in [0.05, 0.1) is 6.61 Å². The molecule has 0 N–H and O–H groups in total. The predicted octanol–water partition coefficient (Wildman–Crippen LogP) is 5.54. The van der Waals surface area contributed by atoms with Gasteiger partial charge in [-0.3, -0.25) is 0 Å². The molecule has 2 aromatic carbocycles. The van der Waals surface area contributed by atoms with E-state index in [9.17, 15) is 0 Å². The van der Waals surface area contributed by atoms with Crippen LogP contribution in [0.2, 0.25) is 0 Å². The molecule has 0 heterocycles.